The van der Waals surface area contributed by atoms with E-state index in [1.54, 1.807) is 23.2 Å². The van der Waals surface area contributed by atoms with Gasteiger partial charge in [0.15, 0.2) is 0 Å². The van der Waals surface area contributed by atoms with E-state index in [-0.39, 0.29) is 11.7 Å². The van der Waals surface area contributed by atoms with E-state index >= 15 is 0 Å². The molecule has 0 unspecified atom stereocenters. The Labute approximate surface area is 173 Å². The fraction of sp³-hybridized carbons (Fsp3) is 0.174. The number of carbonyl (C=O) groups excluding carboxylic acids is 1. The van der Waals surface area contributed by atoms with Gasteiger partial charge in [0.2, 0.25) is 0 Å². The zero-order valence-electron chi connectivity index (χ0n) is 16.6. The van der Waals surface area contributed by atoms with Crippen LogP contribution in [0.3, 0.4) is 0 Å². The smallest absolute Gasteiger partial charge is 0.253 e. The van der Waals surface area contributed by atoms with Gasteiger partial charge < -0.3 is 15.6 Å². The Hall–Kier alpha value is -3.74. The van der Waals surface area contributed by atoms with Crippen molar-refractivity contribution in [1.29, 1.82) is 0 Å². The number of H-pyrrole nitrogens is 1. The molecule has 0 radical (unpaired) electrons. The van der Waals surface area contributed by atoms with Crippen LogP contribution in [0, 0.1) is 5.82 Å². The number of pyridine rings is 1. The number of hydrogen-bond acceptors (Lipinski definition) is 4. The van der Waals surface area contributed by atoms with E-state index in [1.165, 1.54) is 12.1 Å². The number of nitrogens with one attached hydrogen (secondary N) is 1. The first-order valence-corrected chi connectivity index (χ1v) is 9.79. The summed E-state index contributed by atoms with van der Waals surface area (Å²) in [6.45, 7) is 3.02. The molecule has 0 atom stereocenters. The van der Waals surface area contributed by atoms with Crippen molar-refractivity contribution in [1.82, 2.24) is 19.9 Å². The molecule has 0 aliphatic carbocycles. The predicted octanol–water partition coefficient (Wildman–Crippen LogP) is 4.05. The van der Waals surface area contributed by atoms with Crippen LogP contribution in [-0.2, 0) is 6.42 Å². The number of nitrogens with two attached hydrogens (primary N) is 1. The molecule has 2 aromatic heterocycles. The summed E-state index contributed by atoms with van der Waals surface area (Å²) in [6, 6.07) is 15.5. The highest BCUT2D eigenvalue weighted by atomic mass is 19.1. The molecule has 1 amide bonds. The quantitative estimate of drug-likeness (QED) is 0.508. The van der Waals surface area contributed by atoms with E-state index in [0.717, 1.165) is 17.0 Å². The van der Waals surface area contributed by atoms with Crippen LogP contribution >= 0.6 is 0 Å². The van der Waals surface area contributed by atoms with E-state index in [1.807, 2.05) is 37.3 Å². The summed E-state index contributed by atoms with van der Waals surface area (Å²) in [7, 11) is 0. The maximum absolute atomic E-state index is 13.4. The number of aromatic nitrogens is 3. The lowest BCUT2D eigenvalue weighted by atomic mass is 10.0. The van der Waals surface area contributed by atoms with E-state index < -0.39 is 0 Å². The molecular formula is C23H22FN5O. The number of halogens is 1. The number of nitrogens with zero attached hydrogens (tertiary/aromatic N) is 3. The third kappa shape index (κ3) is 4.15. The number of benzene rings is 2. The molecule has 0 aliphatic rings. The van der Waals surface area contributed by atoms with Crippen molar-refractivity contribution in [2.24, 2.45) is 0 Å². The highest BCUT2D eigenvalue weighted by Gasteiger charge is 2.16. The summed E-state index contributed by atoms with van der Waals surface area (Å²) in [4.78, 5) is 26.5. The van der Waals surface area contributed by atoms with E-state index in [9.17, 15) is 9.18 Å². The number of nitrogen functional groups attached to an aromatic ring is 1. The second-order valence-electron chi connectivity index (χ2n) is 7.03. The minimum atomic E-state index is -0.306. The Bertz CT molecular complexity index is 1190. The van der Waals surface area contributed by atoms with Crippen LogP contribution in [0.25, 0.3) is 22.2 Å². The number of anilines is 1. The van der Waals surface area contributed by atoms with Crippen LogP contribution < -0.4 is 5.73 Å². The molecule has 4 rings (SSSR count). The second kappa shape index (κ2) is 8.32. The van der Waals surface area contributed by atoms with Crippen molar-refractivity contribution in [3.8, 4) is 11.1 Å². The highest BCUT2D eigenvalue weighted by Crippen LogP contribution is 2.21. The summed E-state index contributed by atoms with van der Waals surface area (Å²) >= 11 is 0. The number of likely N-dealkylation sites (N-methyl/N-ethyl adjacent to an activating group) is 1. The van der Waals surface area contributed by atoms with Gasteiger partial charge in [-0.15, -0.1) is 0 Å². The molecule has 3 N–H and O–H groups in total. The van der Waals surface area contributed by atoms with Gasteiger partial charge in [0, 0.05) is 36.8 Å². The number of hydrogen-bond donors (Lipinski definition) is 2. The lowest BCUT2D eigenvalue weighted by Gasteiger charge is -2.20. The lowest BCUT2D eigenvalue weighted by Crippen LogP contribution is -2.32. The molecule has 0 aliphatic heterocycles. The zero-order valence-corrected chi connectivity index (χ0v) is 16.6. The molecule has 4 aromatic rings. The minimum absolute atomic E-state index is 0.0510. The molecule has 6 nitrogen and oxygen atoms in total. The van der Waals surface area contributed by atoms with Crippen molar-refractivity contribution >= 4 is 22.8 Å². The lowest BCUT2D eigenvalue weighted by molar-refractivity contribution is 0.0765. The predicted molar refractivity (Wildman–Crippen MR) is 115 cm³/mol. The normalized spacial score (nSPS) is 11.0. The minimum Gasteiger partial charge on any atom is -0.384 e. The first kappa shape index (κ1) is 19.6. The number of fused-ring (bicyclic) bond motifs is 1. The van der Waals surface area contributed by atoms with Crippen LogP contribution in [0.5, 0.6) is 0 Å². The summed E-state index contributed by atoms with van der Waals surface area (Å²) < 4.78 is 13.4. The van der Waals surface area contributed by atoms with Gasteiger partial charge >= 0.3 is 0 Å². The summed E-state index contributed by atoms with van der Waals surface area (Å²) in [5.41, 5.74) is 9.44. The van der Waals surface area contributed by atoms with Crippen molar-refractivity contribution in [2.45, 2.75) is 13.3 Å². The topological polar surface area (TPSA) is 87.9 Å². The van der Waals surface area contributed by atoms with Crippen molar-refractivity contribution < 1.29 is 9.18 Å². The summed E-state index contributed by atoms with van der Waals surface area (Å²) in [6.07, 6.45) is 2.25. The standard InChI is InChI=1S/C23H22FN5O/c1-2-29(11-10-22-27-19-8-7-18(24)13-20(19)28-22)23(30)16-5-3-4-15(12-16)17-6-9-21(25)26-14-17/h3-9,12-14H,2,10-11H2,1H3,(H2,25,26)(H,27,28). The van der Waals surface area contributed by atoms with E-state index in [2.05, 4.69) is 15.0 Å². The molecule has 0 spiro atoms. The van der Waals surface area contributed by atoms with Crippen LogP contribution in [0.1, 0.15) is 23.1 Å². The Morgan fingerprint density at radius 2 is 2.00 bits per heavy atom. The Morgan fingerprint density at radius 1 is 1.13 bits per heavy atom. The monoisotopic (exact) mass is 403 g/mol. The first-order valence-electron chi connectivity index (χ1n) is 9.79. The fourth-order valence-corrected chi connectivity index (χ4v) is 3.39. The van der Waals surface area contributed by atoms with Crippen LogP contribution in [-0.4, -0.2) is 38.8 Å². The van der Waals surface area contributed by atoms with Gasteiger partial charge in [0.25, 0.3) is 5.91 Å². The van der Waals surface area contributed by atoms with Gasteiger partial charge in [-0.1, -0.05) is 12.1 Å². The summed E-state index contributed by atoms with van der Waals surface area (Å²) in [5.74, 6) is 0.823. The second-order valence-corrected chi connectivity index (χ2v) is 7.03. The van der Waals surface area contributed by atoms with Crippen molar-refractivity contribution in [3.63, 3.8) is 0 Å². The zero-order chi connectivity index (χ0) is 21.1. The van der Waals surface area contributed by atoms with Gasteiger partial charge in [-0.25, -0.2) is 14.4 Å². The Morgan fingerprint density at radius 3 is 2.77 bits per heavy atom. The number of amides is 1. The SMILES string of the molecule is CCN(CCc1nc2ccc(F)cc2[nH]1)C(=O)c1cccc(-c2ccc(N)nc2)c1. The number of rotatable bonds is 6. The molecule has 0 bridgehead atoms. The molecule has 2 aromatic carbocycles. The van der Waals surface area contributed by atoms with Gasteiger partial charge in [0.1, 0.15) is 17.5 Å². The molecule has 2 heterocycles. The number of imidazole rings is 1. The van der Waals surface area contributed by atoms with Crippen LogP contribution in [0.15, 0.2) is 60.8 Å². The maximum Gasteiger partial charge on any atom is 0.253 e. The van der Waals surface area contributed by atoms with Crippen molar-refractivity contribution in [2.75, 3.05) is 18.8 Å². The van der Waals surface area contributed by atoms with E-state index in [4.69, 9.17) is 5.73 Å². The molecule has 7 heteroatoms. The van der Waals surface area contributed by atoms with Crippen LogP contribution in [0.2, 0.25) is 0 Å². The molecule has 0 saturated heterocycles. The van der Waals surface area contributed by atoms with Crippen molar-refractivity contribution in [3.05, 3.63) is 78.0 Å². The fourth-order valence-electron chi connectivity index (χ4n) is 3.39. The molecule has 0 saturated carbocycles. The average Bonchev–Trinajstić information content (AvgIpc) is 3.16. The largest absolute Gasteiger partial charge is 0.384 e. The molecule has 0 fully saturated rings. The number of carbonyl (C=O) groups is 1. The van der Waals surface area contributed by atoms with Gasteiger partial charge in [-0.2, -0.15) is 0 Å². The third-order valence-electron chi connectivity index (χ3n) is 5.01. The summed E-state index contributed by atoms with van der Waals surface area (Å²) in [5, 5.41) is 0. The van der Waals surface area contributed by atoms with E-state index in [0.29, 0.717) is 41.9 Å². The molecule has 152 valence electrons. The Kier molecular flexibility index (Phi) is 5.43. The number of aromatic amines is 1. The first-order chi connectivity index (χ1) is 14.5. The maximum atomic E-state index is 13.4. The average molecular weight is 403 g/mol. The third-order valence-corrected chi connectivity index (χ3v) is 5.01. The molecule has 30 heavy (non-hydrogen) atoms. The van der Waals surface area contributed by atoms with Crippen LogP contribution in [0.4, 0.5) is 10.2 Å². The van der Waals surface area contributed by atoms with Gasteiger partial charge in [-0.05, 0) is 55.0 Å². The highest BCUT2D eigenvalue weighted by molar-refractivity contribution is 5.95. The molecular weight excluding hydrogens is 381 g/mol. The van der Waals surface area contributed by atoms with Gasteiger partial charge in [-0.3, -0.25) is 4.79 Å². The Balaban J connectivity index is 1.49. The van der Waals surface area contributed by atoms with Gasteiger partial charge in [0.05, 0.1) is 11.0 Å².